The van der Waals surface area contributed by atoms with E-state index in [1.807, 2.05) is 18.2 Å². The van der Waals surface area contributed by atoms with Gasteiger partial charge >= 0.3 is 0 Å². The molecule has 0 radical (unpaired) electrons. The standard InChI is InChI=1S/C26H30ClN3/c1-3-16-28-23-14-8-5-10-19(23)18(2)29-26-17-25(20-11-4-7-13-22(20)27)30-24-15-9-6-12-21(24)26/h4-5,7-8,10-11,13-14,17,25,28-30H,2-3,6,9,12,15-16H2,1H3. The lowest BCUT2D eigenvalue weighted by molar-refractivity contribution is 0.570. The van der Waals surface area contributed by atoms with Gasteiger partial charge in [-0.25, -0.2) is 0 Å². The van der Waals surface area contributed by atoms with Gasteiger partial charge in [0.25, 0.3) is 0 Å². The van der Waals surface area contributed by atoms with Crippen molar-refractivity contribution < 1.29 is 0 Å². The zero-order valence-electron chi connectivity index (χ0n) is 17.6. The predicted molar refractivity (Wildman–Crippen MR) is 128 cm³/mol. The Labute approximate surface area is 184 Å². The van der Waals surface area contributed by atoms with Gasteiger partial charge in [-0.05, 0) is 61.4 Å². The Morgan fingerprint density at radius 1 is 1.10 bits per heavy atom. The molecule has 1 aliphatic heterocycles. The summed E-state index contributed by atoms with van der Waals surface area (Å²) < 4.78 is 0. The van der Waals surface area contributed by atoms with Crippen molar-refractivity contribution in [2.45, 2.75) is 45.1 Å². The highest BCUT2D eigenvalue weighted by molar-refractivity contribution is 6.31. The van der Waals surface area contributed by atoms with Crippen LogP contribution in [0.1, 0.15) is 56.2 Å². The number of rotatable bonds is 7. The zero-order chi connectivity index (χ0) is 20.9. The van der Waals surface area contributed by atoms with Gasteiger partial charge in [0.15, 0.2) is 0 Å². The molecule has 1 unspecified atom stereocenters. The Balaban J connectivity index is 1.64. The minimum Gasteiger partial charge on any atom is -0.385 e. The van der Waals surface area contributed by atoms with Crippen molar-refractivity contribution in [3.05, 3.63) is 94.3 Å². The summed E-state index contributed by atoms with van der Waals surface area (Å²) >= 11 is 6.52. The molecule has 3 nitrogen and oxygen atoms in total. The molecule has 2 aromatic carbocycles. The number of halogens is 1. The maximum absolute atomic E-state index is 6.52. The number of benzene rings is 2. The Kier molecular flexibility index (Phi) is 6.49. The molecule has 1 aliphatic carbocycles. The van der Waals surface area contributed by atoms with E-state index in [-0.39, 0.29) is 6.04 Å². The molecule has 1 heterocycles. The summed E-state index contributed by atoms with van der Waals surface area (Å²) in [7, 11) is 0. The van der Waals surface area contributed by atoms with E-state index < -0.39 is 0 Å². The van der Waals surface area contributed by atoms with Crippen LogP contribution in [0.15, 0.2) is 78.2 Å². The number of hydrogen-bond donors (Lipinski definition) is 3. The first-order chi connectivity index (χ1) is 14.7. The molecule has 1 atom stereocenters. The van der Waals surface area contributed by atoms with E-state index >= 15 is 0 Å². The number of anilines is 1. The quantitative estimate of drug-likeness (QED) is 0.463. The molecule has 0 saturated heterocycles. The third-order valence-corrected chi connectivity index (χ3v) is 6.14. The second-order valence-electron chi connectivity index (χ2n) is 7.96. The Morgan fingerprint density at radius 3 is 2.70 bits per heavy atom. The molecule has 156 valence electrons. The molecule has 0 amide bonds. The second-order valence-corrected chi connectivity index (χ2v) is 8.37. The number of nitrogens with one attached hydrogen (secondary N) is 3. The van der Waals surface area contributed by atoms with Crippen LogP contribution in [-0.4, -0.2) is 6.54 Å². The predicted octanol–water partition coefficient (Wildman–Crippen LogP) is 6.78. The lowest BCUT2D eigenvalue weighted by Gasteiger charge is -2.33. The SMILES string of the molecule is C=C(NC1=CC(c2ccccc2Cl)NC2=C1CCCC2)c1ccccc1NCCC. The minimum atomic E-state index is 0.0549. The van der Waals surface area contributed by atoms with Crippen molar-refractivity contribution in [3.8, 4) is 0 Å². The normalized spacial score (nSPS) is 18.2. The van der Waals surface area contributed by atoms with Crippen LogP contribution >= 0.6 is 11.6 Å². The molecule has 30 heavy (non-hydrogen) atoms. The number of para-hydroxylation sites is 1. The van der Waals surface area contributed by atoms with Gasteiger partial charge in [0.1, 0.15) is 0 Å². The summed E-state index contributed by atoms with van der Waals surface area (Å²) in [5.41, 5.74) is 8.11. The maximum Gasteiger partial charge on any atom is 0.0732 e. The van der Waals surface area contributed by atoms with Gasteiger partial charge in [0.2, 0.25) is 0 Å². The molecule has 0 aromatic heterocycles. The highest BCUT2D eigenvalue weighted by Gasteiger charge is 2.26. The zero-order valence-corrected chi connectivity index (χ0v) is 18.4. The number of hydrogen-bond acceptors (Lipinski definition) is 3. The van der Waals surface area contributed by atoms with Gasteiger partial charge in [0.05, 0.1) is 6.04 Å². The topological polar surface area (TPSA) is 36.1 Å². The first-order valence-electron chi connectivity index (χ1n) is 10.9. The van der Waals surface area contributed by atoms with Crippen LogP contribution in [0.4, 0.5) is 5.69 Å². The lowest BCUT2D eigenvalue weighted by atomic mass is 9.88. The van der Waals surface area contributed by atoms with Crippen molar-refractivity contribution >= 4 is 23.0 Å². The molecule has 3 N–H and O–H groups in total. The van der Waals surface area contributed by atoms with Crippen LogP contribution in [0, 0.1) is 0 Å². The highest BCUT2D eigenvalue weighted by Crippen LogP contribution is 2.37. The minimum absolute atomic E-state index is 0.0549. The molecule has 4 rings (SSSR count). The molecule has 2 aromatic rings. The highest BCUT2D eigenvalue weighted by atomic mass is 35.5. The Hall–Kier alpha value is -2.65. The summed E-state index contributed by atoms with van der Waals surface area (Å²) in [5.74, 6) is 0. The summed E-state index contributed by atoms with van der Waals surface area (Å²) in [6.07, 6.45) is 7.95. The van der Waals surface area contributed by atoms with Gasteiger partial charge < -0.3 is 16.0 Å². The molecule has 0 bridgehead atoms. The fourth-order valence-electron chi connectivity index (χ4n) is 4.26. The fraction of sp³-hybridized carbons (Fsp3) is 0.308. The molecular formula is C26H30ClN3. The third-order valence-electron chi connectivity index (χ3n) is 5.80. The monoisotopic (exact) mass is 419 g/mol. The summed E-state index contributed by atoms with van der Waals surface area (Å²) in [6, 6.07) is 16.5. The Bertz CT molecular complexity index is 989. The number of dihydropyridines is 1. The van der Waals surface area contributed by atoms with E-state index in [9.17, 15) is 0 Å². The van der Waals surface area contributed by atoms with Crippen LogP contribution in [0.25, 0.3) is 5.70 Å². The summed E-state index contributed by atoms with van der Waals surface area (Å²) in [5, 5.41) is 11.7. The number of allylic oxidation sites excluding steroid dienone is 2. The summed E-state index contributed by atoms with van der Waals surface area (Å²) in [4.78, 5) is 0. The molecule has 0 spiro atoms. The van der Waals surface area contributed by atoms with Crippen molar-refractivity contribution in [3.63, 3.8) is 0 Å². The van der Waals surface area contributed by atoms with Gasteiger partial charge in [-0.1, -0.05) is 61.5 Å². The van der Waals surface area contributed by atoms with Crippen molar-refractivity contribution in [2.75, 3.05) is 11.9 Å². The van der Waals surface area contributed by atoms with Gasteiger partial charge in [-0.2, -0.15) is 0 Å². The summed E-state index contributed by atoms with van der Waals surface area (Å²) in [6.45, 7) is 7.50. The van der Waals surface area contributed by atoms with Crippen molar-refractivity contribution in [1.29, 1.82) is 0 Å². The molecule has 2 aliphatic rings. The van der Waals surface area contributed by atoms with E-state index in [1.54, 1.807) is 0 Å². The van der Waals surface area contributed by atoms with Crippen LogP contribution in [-0.2, 0) is 0 Å². The van der Waals surface area contributed by atoms with E-state index in [1.165, 1.54) is 24.1 Å². The van der Waals surface area contributed by atoms with Gasteiger partial charge in [-0.15, -0.1) is 0 Å². The molecule has 0 fully saturated rings. The maximum atomic E-state index is 6.52. The van der Waals surface area contributed by atoms with Gasteiger partial charge in [-0.3, -0.25) is 0 Å². The molecule has 0 saturated carbocycles. The van der Waals surface area contributed by atoms with E-state index in [4.69, 9.17) is 11.6 Å². The lowest BCUT2D eigenvalue weighted by Crippen LogP contribution is -2.30. The van der Waals surface area contributed by atoms with Crippen molar-refractivity contribution in [1.82, 2.24) is 10.6 Å². The first kappa shape index (κ1) is 20.6. The van der Waals surface area contributed by atoms with Crippen LogP contribution in [0.3, 0.4) is 0 Å². The van der Waals surface area contributed by atoms with Crippen LogP contribution in [0.2, 0.25) is 5.02 Å². The third kappa shape index (κ3) is 4.41. The second kappa shape index (κ2) is 9.44. The Morgan fingerprint density at radius 2 is 1.87 bits per heavy atom. The van der Waals surface area contributed by atoms with E-state index in [2.05, 4.69) is 65.9 Å². The van der Waals surface area contributed by atoms with E-state index in [0.29, 0.717) is 0 Å². The molecular weight excluding hydrogens is 390 g/mol. The van der Waals surface area contributed by atoms with Crippen LogP contribution < -0.4 is 16.0 Å². The fourth-order valence-corrected chi connectivity index (χ4v) is 4.51. The van der Waals surface area contributed by atoms with E-state index in [0.717, 1.165) is 59.0 Å². The first-order valence-corrected chi connectivity index (χ1v) is 11.3. The van der Waals surface area contributed by atoms with Gasteiger partial charge in [0, 0.05) is 39.9 Å². The largest absolute Gasteiger partial charge is 0.385 e. The molecule has 4 heteroatoms. The van der Waals surface area contributed by atoms with Crippen LogP contribution in [0.5, 0.6) is 0 Å². The van der Waals surface area contributed by atoms with Crippen molar-refractivity contribution in [2.24, 2.45) is 0 Å². The average molecular weight is 420 g/mol. The average Bonchev–Trinajstić information content (AvgIpc) is 2.78. The smallest absolute Gasteiger partial charge is 0.0732 e.